The zero-order chi connectivity index (χ0) is 11.5. The third-order valence-electron chi connectivity index (χ3n) is 2.74. The third-order valence-corrected chi connectivity index (χ3v) is 3.27. The first-order valence-electron chi connectivity index (χ1n) is 5.39. The van der Waals surface area contributed by atoms with Crippen molar-refractivity contribution in [3.8, 4) is 0 Å². The molecule has 0 spiro atoms. The molecule has 0 bridgehead atoms. The number of benzene rings is 1. The van der Waals surface area contributed by atoms with Crippen molar-refractivity contribution in [2.75, 3.05) is 6.61 Å². The molecule has 1 amide bonds. The summed E-state index contributed by atoms with van der Waals surface area (Å²) in [6.07, 6.45) is 0.917. The molecule has 3 nitrogen and oxygen atoms in total. The molecule has 0 aromatic heterocycles. The van der Waals surface area contributed by atoms with Crippen LogP contribution in [-0.2, 0) is 9.63 Å². The Morgan fingerprint density at radius 3 is 2.81 bits per heavy atom. The van der Waals surface area contributed by atoms with E-state index >= 15 is 0 Å². The Labute approximate surface area is 103 Å². The number of hydroxylamine groups is 1. The van der Waals surface area contributed by atoms with E-state index < -0.39 is 0 Å². The molecule has 0 heterocycles. The minimum atomic E-state index is -0.00484. The summed E-state index contributed by atoms with van der Waals surface area (Å²) in [6, 6.07) is 8.13. The van der Waals surface area contributed by atoms with Crippen LogP contribution in [0.3, 0.4) is 0 Å². The zero-order valence-corrected chi connectivity index (χ0v) is 10.7. The van der Waals surface area contributed by atoms with Gasteiger partial charge in [-0.1, -0.05) is 28.1 Å². The molecule has 0 saturated heterocycles. The van der Waals surface area contributed by atoms with Crippen LogP contribution in [0.4, 0.5) is 0 Å². The quantitative estimate of drug-likeness (QED) is 0.863. The second-order valence-electron chi connectivity index (χ2n) is 3.90. The standard InChI is InChI=1S/C12H14BrNO2/c1-2-16-14-12(15)11-7-10(11)8-3-5-9(13)6-4-8/h3-6,10-11H,2,7H2,1H3,(H,14,15)/t10-,11+/m1/s1. The maximum Gasteiger partial charge on any atom is 0.247 e. The Morgan fingerprint density at radius 1 is 1.50 bits per heavy atom. The topological polar surface area (TPSA) is 38.3 Å². The Bertz CT molecular complexity index is 377. The lowest BCUT2D eigenvalue weighted by atomic mass is 10.1. The van der Waals surface area contributed by atoms with Crippen molar-refractivity contribution in [1.82, 2.24) is 5.48 Å². The molecular formula is C12H14BrNO2. The van der Waals surface area contributed by atoms with E-state index in [1.54, 1.807) is 0 Å². The third kappa shape index (κ3) is 2.62. The fourth-order valence-corrected chi connectivity index (χ4v) is 2.05. The lowest BCUT2D eigenvalue weighted by Gasteiger charge is -2.03. The van der Waals surface area contributed by atoms with Crippen LogP contribution < -0.4 is 5.48 Å². The summed E-state index contributed by atoms with van der Waals surface area (Å²) in [7, 11) is 0. The Hall–Kier alpha value is -0.870. The lowest BCUT2D eigenvalue weighted by Crippen LogP contribution is -2.25. The number of nitrogens with one attached hydrogen (secondary N) is 1. The van der Waals surface area contributed by atoms with Gasteiger partial charge in [0.1, 0.15) is 0 Å². The van der Waals surface area contributed by atoms with Gasteiger partial charge in [0, 0.05) is 10.4 Å². The van der Waals surface area contributed by atoms with Gasteiger partial charge in [0.25, 0.3) is 0 Å². The Morgan fingerprint density at radius 2 is 2.19 bits per heavy atom. The molecule has 0 radical (unpaired) electrons. The highest BCUT2D eigenvalue weighted by atomic mass is 79.9. The molecule has 86 valence electrons. The molecule has 1 aliphatic rings. The number of carbonyl (C=O) groups is 1. The van der Waals surface area contributed by atoms with Crippen molar-refractivity contribution in [3.63, 3.8) is 0 Å². The summed E-state index contributed by atoms with van der Waals surface area (Å²) >= 11 is 3.39. The molecule has 16 heavy (non-hydrogen) atoms. The van der Waals surface area contributed by atoms with E-state index in [1.807, 2.05) is 19.1 Å². The molecule has 1 aromatic carbocycles. The summed E-state index contributed by atoms with van der Waals surface area (Å²) in [6.45, 7) is 2.35. The van der Waals surface area contributed by atoms with Gasteiger partial charge in [0.15, 0.2) is 0 Å². The van der Waals surface area contributed by atoms with Crippen LogP contribution in [0.1, 0.15) is 24.8 Å². The van der Waals surface area contributed by atoms with Crippen LogP contribution in [0.15, 0.2) is 28.7 Å². The number of amides is 1. The molecular weight excluding hydrogens is 270 g/mol. The monoisotopic (exact) mass is 283 g/mol. The van der Waals surface area contributed by atoms with Gasteiger partial charge in [-0.2, -0.15) is 0 Å². The second-order valence-corrected chi connectivity index (χ2v) is 4.82. The number of halogens is 1. The summed E-state index contributed by atoms with van der Waals surface area (Å²) < 4.78 is 1.06. The second kappa shape index (κ2) is 4.97. The summed E-state index contributed by atoms with van der Waals surface area (Å²) in [5.74, 6) is 0.427. The van der Waals surface area contributed by atoms with Crippen molar-refractivity contribution in [2.45, 2.75) is 19.3 Å². The van der Waals surface area contributed by atoms with Crippen LogP contribution >= 0.6 is 15.9 Å². The normalized spacial score (nSPS) is 22.9. The molecule has 1 aromatic rings. The first-order valence-corrected chi connectivity index (χ1v) is 6.18. The minimum absolute atomic E-state index is 0.00484. The number of carbonyl (C=O) groups excluding carboxylic acids is 1. The van der Waals surface area contributed by atoms with Gasteiger partial charge in [0.2, 0.25) is 5.91 Å². The maximum atomic E-state index is 11.6. The van der Waals surface area contributed by atoms with Crippen molar-refractivity contribution in [1.29, 1.82) is 0 Å². The predicted molar refractivity (Wildman–Crippen MR) is 64.8 cm³/mol. The molecule has 0 aliphatic heterocycles. The van der Waals surface area contributed by atoms with Crippen LogP contribution in [0.2, 0.25) is 0 Å². The van der Waals surface area contributed by atoms with Crippen molar-refractivity contribution < 1.29 is 9.63 Å². The Kier molecular flexibility index (Phi) is 3.61. The Balaban J connectivity index is 1.91. The highest BCUT2D eigenvalue weighted by Crippen LogP contribution is 2.47. The zero-order valence-electron chi connectivity index (χ0n) is 9.07. The van der Waals surface area contributed by atoms with Gasteiger partial charge < -0.3 is 0 Å². The van der Waals surface area contributed by atoms with Gasteiger partial charge in [-0.3, -0.25) is 9.63 Å². The van der Waals surface area contributed by atoms with Crippen molar-refractivity contribution in [2.24, 2.45) is 5.92 Å². The van der Waals surface area contributed by atoms with E-state index in [-0.39, 0.29) is 11.8 Å². The van der Waals surface area contributed by atoms with E-state index in [9.17, 15) is 4.79 Å². The lowest BCUT2D eigenvalue weighted by molar-refractivity contribution is -0.134. The van der Waals surface area contributed by atoms with Gasteiger partial charge in [-0.15, -0.1) is 0 Å². The number of hydrogen-bond donors (Lipinski definition) is 1. The van der Waals surface area contributed by atoms with E-state index in [0.29, 0.717) is 12.5 Å². The molecule has 2 rings (SSSR count). The molecule has 1 saturated carbocycles. The van der Waals surface area contributed by atoms with Crippen LogP contribution in [0.5, 0.6) is 0 Å². The molecule has 1 N–H and O–H groups in total. The predicted octanol–water partition coefficient (Wildman–Crippen LogP) is 2.62. The van der Waals surface area contributed by atoms with E-state index in [1.165, 1.54) is 5.56 Å². The van der Waals surface area contributed by atoms with Crippen LogP contribution in [-0.4, -0.2) is 12.5 Å². The highest BCUT2D eigenvalue weighted by Gasteiger charge is 2.43. The minimum Gasteiger partial charge on any atom is -0.274 e. The first-order chi connectivity index (χ1) is 7.72. The van der Waals surface area contributed by atoms with Gasteiger partial charge in [-0.05, 0) is 37.0 Å². The van der Waals surface area contributed by atoms with Gasteiger partial charge in [-0.25, -0.2) is 5.48 Å². The molecule has 2 atom stereocenters. The molecule has 0 unspecified atom stereocenters. The van der Waals surface area contributed by atoms with Gasteiger partial charge in [0.05, 0.1) is 6.61 Å². The average molecular weight is 284 g/mol. The fraction of sp³-hybridized carbons (Fsp3) is 0.417. The molecule has 1 aliphatic carbocycles. The summed E-state index contributed by atoms with van der Waals surface area (Å²) in [5.41, 5.74) is 3.68. The fourth-order valence-electron chi connectivity index (χ4n) is 1.78. The van der Waals surface area contributed by atoms with E-state index in [4.69, 9.17) is 4.84 Å². The number of hydrogen-bond acceptors (Lipinski definition) is 2. The smallest absolute Gasteiger partial charge is 0.247 e. The van der Waals surface area contributed by atoms with E-state index in [2.05, 4.69) is 33.5 Å². The van der Waals surface area contributed by atoms with Crippen molar-refractivity contribution in [3.05, 3.63) is 34.3 Å². The van der Waals surface area contributed by atoms with Crippen LogP contribution in [0.25, 0.3) is 0 Å². The highest BCUT2D eigenvalue weighted by molar-refractivity contribution is 9.10. The van der Waals surface area contributed by atoms with Crippen molar-refractivity contribution >= 4 is 21.8 Å². The maximum absolute atomic E-state index is 11.6. The van der Waals surface area contributed by atoms with Crippen LogP contribution in [0, 0.1) is 5.92 Å². The number of rotatable bonds is 4. The summed E-state index contributed by atoms with van der Waals surface area (Å²) in [4.78, 5) is 16.5. The average Bonchev–Trinajstić information content (AvgIpc) is 3.07. The summed E-state index contributed by atoms with van der Waals surface area (Å²) in [5, 5.41) is 0. The molecule has 4 heteroatoms. The van der Waals surface area contributed by atoms with E-state index in [0.717, 1.165) is 10.9 Å². The molecule has 1 fully saturated rings. The largest absolute Gasteiger partial charge is 0.274 e. The first kappa shape index (κ1) is 11.6. The SMILES string of the molecule is CCONC(=O)[C@H]1C[C@@H]1c1ccc(Br)cc1. The van der Waals surface area contributed by atoms with Gasteiger partial charge >= 0.3 is 0 Å².